The van der Waals surface area contributed by atoms with Gasteiger partial charge in [-0.1, -0.05) is 0 Å². The molecule has 0 atom stereocenters. The van der Waals surface area contributed by atoms with Gasteiger partial charge in [0, 0.05) is 0 Å². The molecule has 0 amide bonds. The fourth-order valence-electron chi connectivity index (χ4n) is 3.30. The molecule has 0 aliphatic rings. The van der Waals surface area contributed by atoms with Gasteiger partial charge in [0.15, 0.2) is 0 Å². The van der Waals surface area contributed by atoms with Gasteiger partial charge in [0.25, 0.3) is 0 Å². The van der Waals surface area contributed by atoms with Gasteiger partial charge in [0.2, 0.25) is 0 Å². The van der Waals surface area contributed by atoms with Gasteiger partial charge >= 0.3 is 169 Å². The molecule has 29 heavy (non-hydrogen) atoms. The predicted octanol–water partition coefficient (Wildman–Crippen LogP) is 4.37. The number of benzene rings is 4. The Balaban J connectivity index is 1.92. The Morgan fingerprint density at radius 2 is 0.966 bits per heavy atom. The monoisotopic (exact) mass is 404 g/mol. The van der Waals surface area contributed by atoms with Crippen LogP contribution in [0.2, 0.25) is 0 Å². The van der Waals surface area contributed by atoms with Crippen molar-refractivity contribution in [2.45, 2.75) is 0 Å². The molecule has 4 aromatic rings. The van der Waals surface area contributed by atoms with E-state index in [1.807, 2.05) is 6.07 Å². The van der Waals surface area contributed by atoms with Crippen LogP contribution >= 0.6 is 7.28 Å². The third kappa shape index (κ3) is 3.50. The van der Waals surface area contributed by atoms with Crippen molar-refractivity contribution in [3.63, 3.8) is 0 Å². The zero-order valence-corrected chi connectivity index (χ0v) is 16.5. The van der Waals surface area contributed by atoms with E-state index in [-0.39, 0.29) is 22.1 Å². The number of para-hydroxylation sites is 2. The third-order valence-corrected chi connectivity index (χ3v) is 7.80. The maximum atomic E-state index is 11.8. The summed E-state index contributed by atoms with van der Waals surface area (Å²) in [5.41, 5.74) is 1.11. The molecule has 0 radical (unpaired) electrons. The number of hydrogen-bond donors (Lipinski definition) is 3. The SMILES string of the molecule is Oc1ccccc1-c1ccccc1OP(O)(O)(c1ccccc1)c1ccccc1. The first kappa shape index (κ1) is 19.2. The van der Waals surface area contributed by atoms with Crippen LogP contribution in [0.4, 0.5) is 0 Å². The van der Waals surface area contributed by atoms with Crippen molar-refractivity contribution in [1.82, 2.24) is 0 Å². The molecular formula is C24H21O4P. The van der Waals surface area contributed by atoms with E-state index in [1.54, 1.807) is 103 Å². The summed E-state index contributed by atoms with van der Waals surface area (Å²) in [6.07, 6.45) is 0. The van der Waals surface area contributed by atoms with E-state index in [4.69, 9.17) is 4.52 Å². The molecule has 0 bridgehead atoms. The second-order valence-electron chi connectivity index (χ2n) is 6.72. The molecule has 0 unspecified atom stereocenters. The number of rotatable bonds is 5. The molecule has 0 saturated carbocycles. The normalized spacial score (nSPS) is 12.7. The van der Waals surface area contributed by atoms with Gasteiger partial charge in [0.05, 0.1) is 0 Å². The van der Waals surface area contributed by atoms with Crippen molar-refractivity contribution < 1.29 is 19.4 Å². The van der Waals surface area contributed by atoms with E-state index < -0.39 is 7.28 Å². The van der Waals surface area contributed by atoms with E-state index >= 15 is 0 Å². The zero-order valence-electron chi connectivity index (χ0n) is 15.6. The molecule has 3 N–H and O–H groups in total. The fourth-order valence-corrected chi connectivity index (χ4v) is 5.76. The van der Waals surface area contributed by atoms with Crippen molar-refractivity contribution in [3.8, 4) is 22.6 Å². The molecule has 0 spiro atoms. The van der Waals surface area contributed by atoms with Gasteiger partial charge in [0.1, 0.15) is 0 Å². The van der Waals surface area contributed by atoms with Crippen LogP contribution in [0, 0.1) is 0 Å². The summed E-state index contributed by atoms with van der Waals surface area (Å²) in [6, 6.07) is 31.0. The van der Waals surface area contributed by atoms with E-state index in [2.05, 4.69) is 0 Å². The first-order valence-electron chi connectivity index (χ1n) is 9.18. The average molecular weight is 404 g/mol. The van der Waals surface area contributed by atoms with Crippen LogP contribution in [0.5, 0.6) is 11.5 Å². The van der Waals surface area contributed by atoms with Crippen LogP contribution in [0.25, 0.3) is 11.1 Å². The van der Waals surface area contributed by atoms with Crippen LogP contribution in [-0.2, 0) is 0 Å². The molecule has 4 aromatic carbocycles. The first-order valence-corrected chi connectivity index (χ1v) is 11.2. The van der Waals surface area contributed by atoms with Crippen molar-refractivity contribution in [2.75, 3.05) is 0 Å². The zero-order chi connectivity index (χ0) is 20.3. The molecule has 0 heterocycles. The second-order valence-corrected chi connectivity index (χ2v) is 9.83. The summed E-state index contributed by atoms with van der Waals surface area (Å²) >= 11 is 0. The molecule has 4 nitrogen and oxygen atoms in total. The summed E-state index contributed by atoms with van der Waals surface area (Å²) in [7, 11) is -5.01. The third-order valence-electron chi connectivity index (χ3n) is 4.80. The van der Waals surface area contributed by atoms with E-state index in [0.717, 1.165) is 0 Å². The number of aromatic hydroxyl groups is 1. The Morgan fingerprint density at radius 1 is 0.517 bits per heavy atom. The Kier molecular flexibility index (Phi) is 4.85. The minimum absolute atomic E-state index is 0.0826. The summed E-state index contributed by atoms with van der Waals surface area (Å²) < 4.78 is 6.13. The quantitative estimate of drug-likeness (QED) is 0.432. The van der Waals surface area contributed by atoms with Crippen molar-refractivity contribution in [2.24, 2.45) is 0 Å². The Morgan fingerprint density at radius 3 is 1.52 bits per heavy atom. The van der Waals surface area contributed by atoms with Crippen molar-refractivity contribution >= 4 is 17.9 Å². The molecule has 0 aliphatic heterocycles. The Hall–Kier alpha value is -3.17. The first-order chi connectivity index (χ1) is 14.0. The fraction of sp³-hybridized carbons (Fsp3) is 0. The van der Waals surface area contributed by atoms with Crippen LogP contribution in [0.1, 0.15) is 0 Å². The number of phenolic OH excluding ortho intramolecular Hbond substituents is 1. The molecule has 5 heteroatoms. The summed E-state index contributed by atoms with van der Waals surface area (Å²) in [5.74, 6) is 0.351. The van der Waals surface area contributed by atoms with Gasteiger partial charge in [-0.15, -0.1) is 0 Å². The standard InChI is InChI=1S/C24H21O4P/c25-23-17-9-7-15-21(23)22-16-8-10-18-24(22)28-29(26,27,19-11-3-1-4-12-19)20-13-5-2-6-14-20/h1-18,25-27H. The van der Waals surface area contributed by atoms with E-state index in [9.17, 15) is 14.9 Å². The van der Waals surface area contributed by atoms with Crippen LogP contribution < -0.4 is 15.1 Å². The van der Waals surface area contributed by atoms with Gasteiger partial charge < -0.3 is 0 Å². The molecular weight excluding hydrogens is 383 g/mol. The van der Waals surface area contributed by atoms with E-state index in [1.165, 1.54) is 0 Å². The second kappa shape index (κ2) is 7.34. The summed E-state index contributed by atoms with van der Waals surface area (Å²) in [4.78, 5) is 23.6. The van der Waals surface area contributed by atoms with Crippen molar-refractivity contribution in [1.29, 1.82) is 0 Å². The topological polar surface area (TPSA) is 69.9 Å². The van der Waals surface area contributed by atoms with Gasteiger partial charge in [-0.2, -0.15) is 0 Å². The summed E-state index contributed by atoms with van der Waals surface area (Å²) in [5, 5.41) is 10.9. The van der Waals surface area contributed by atoms with E-state index in [0.29, 0.717) is 11.1 Å². The Labute approximate surface area is 169 Å². The van der Waals surface area contributed by atoms with Gasteiger partial charge in [-0.05, 0) is 0 Å². The van der Waals surface area contributed by atoms with Crippen molar-refractivity contribution in [3.05, 3.63) is 109 Å². The molecule has 0 aromatic heterocycles. The van der Waals surface area contributed by atoms with Gasteiger partial charge in [-0.25, -0.2) is 0 Å². The van der Waals surface area contributed by atoms with Crippen LogP contribution in [-0.4, -0.2) is 14.9 Å². The average Bonchev–Trinajstić information content (AvgIpc) is 2.76. The minimum atomic E-state index is -5.01. The summed E-state index contributed by atoms with van der Waals surface area (Å²) in [6.45, 7) is 0. The molecule has 0 saturated heterocycles. The van der Waals surface area contributed by atoms with Crippen LogP contribution in [0.3, 0.4) is 0 Å². The predicted molar refractivity (Wildman–Crippen MR) is 118 cm³/mol. The van der Waals surface area contributed by atoms with Crippen LogP contribution in [0.15, 0.2) is 109 Å². The number of phenols is 1. The maximum absolute atomic E-state index is 11.8. The van der Waals surface area contributed by atoms with Gasteiger partial charge in [-0.3, -0.25) is 0 Å². The molecule has 0 aliphatic carbocycles. The Bertz CT molecular complexity index is 1080. The molecule has 4 rings (SSSR count). The molecule has 0 fully saturated rings. The molecule has 146 valence electrons. The number of hydrogen-bond acceptors (Lipinski definition) is 4.